The van der Waals surface area contributed by atoms with E-state index in [1.54, 1.807) is 11.8 Å². The lowest BCUT2D eigenvalue weighted by atomic mass is 9.94. The molecule has 0 fully saturated rings. The number of allylic oxidation sites excluding steroid dienone is 1. The van der Waals surface area contributed by atoms with Crippen LogP contribution in [0.4, 0.5) is 11.6 Å². The van der Waals surface area contributed by atoms with Crippen LogP contribution in [0.1, 0.15) is 29.7 Å². The molecule has 3 aromatic carbocycles. The van der Waals surface area contributed by atoms with Crippen LogP contribution in [0.2, 0.25) is 5.02 Å². The molecule has 0 bridgehead atoms. The zero-order valence-corrected chi connectivity index (χ0v) is 21.4. The number of nitrogens with one attached hydrogen (secondary N) is 2. The molecule has 2 N–H and O–H groups in total. The molecule has 5 rings (SSSR count). The molecule has 1 aliphatic rings. The summed E-state index contributed by atoms with van der Waals surface area (Å²) in [4.78, 5) is 17.9. The first-order valence-electron chi connectivity index (χ1n) is 11.7. The van der Waals surface area contributed by atoms with Crippen LogP contribution in [-0.2, 0) is 11.4 Å². The highest BCUT2D eigenvalue weighted by molar-refractivity contribution is 6.31. The Morgan fingerprint density at radius 3 is 2.70 bits per heavy atom. The van der Waals surface area contributed by atoms with Gasteiger partial charge in [0.2, 0.25) is 5.95 Å². The van der Waals surface area contributed by atoms with Gasteiger partial charge >= 0.3 is 0 Å². The Kier molecular flexibility index (Phi) is 6.83. The fraction of sp³-hybridized carbons (Fsp3) is 0.179. The van der Waals surface area contributed by atoms with Gasteiger partial charge in [0.1, 0.15) is 19.0 Å². The van der Waals surface area contributed by atoms with Gasteiger partial charge in [-0.25, -0.2) is 4.68 Å². The van der Waals surface area contributed by atoms with Gasteiger partial charge < -0.3 is 20.1 Å². The molecular formula is C28H26ClN5O3. The van der Waals surface area contributed by atoms with E-state index >= 15 is 0 Å². The first-order chi connectivity index (χ1) is 17.9. The lowest BCUT2D eigenvalue weighted by molar-refractivity contribution is -0.113. The van der Waals surface area contributed by atoms with Crippen LogP contribution in [0.15, 0.2) is 84.3 Å². The van der Waals surface area contributed by atoms with Crippen molar-refractivity contribution in [2.45, 2.75) is 26.5 Å². The number of carbonyl (C=O) groups is 1. The van der Waals surface area contributed by atoms with Crippen LogP contribution >= 0.6 is 11.6 Å². The topological polar surface area (TPSA) is 90.3 Å². The first-order valence-corrected chi connectivity index (χ1v) is 12.1. The minimum atomic E-state index is -0.532. The Morgan fingerprint density at radius 2 is 1.92 bits per heavy atom. The summed E-state index contributed by atoms with van der Waals surface area (Å²) in [6.45, 7) is 4.13. The van der Waals surface area contributed by atoms with Crippen molar-refractivity contribution in [1.82, 2.24) is 14.8 Å². The van der Waals surface area contributed by atoms with Crippen molar-refractivity contribution >= 4 is 29.1 Å². The second-order valence-corrected chi connectivity index (χ2v) is 9.12. The van der Waals surface area contributed by atoms with E-state index < -0.39 is 6.04 Å². The number of hydrogen-bond donors (Lipinski definition) is 2. The fourth-order valence-electron chi connectivity index (χ4n) is 4.36. The van der Waals surface area contributed by atoms with Gasteiger partial charge in [0.05, 0.1) is 12.7 Å². The molecule has 1 aliphatic heterocycles. The van der Waals surface area contributed by atoms with Gasteiger partial charge in [0, 0.05) is 22.0 Å². The second-order valence-electron chi connectivity index (χ2n) is 8.71. The highest BCUT2D eigenvalue weighted by Crippen LogP contribution is 2.39. The normalized spacial score (nSPS) is 14.5. The number of hydrogen-bond acceptors (Lipinski definition) is 6. The first kappa shape index (κ1) is 24.4. The Bertz CT molecular complexity index is 1500. The van der Waals surface area contributed by atoms with Gasteiger partial charge in [-0.05, 0) is 55.3 Å². The van der Waals surface area contributed by atoms with Crippen molar-refractivity contribution in [3.05, 3.63) is 106 Å². The molecule has 1 unspecified atom stereocenters. The number of amides is 1. The van der Waals surface area contributed by atoms with Gasteiger partial charge in [-0.2, -0.15) is 10.1 Å². The molecule has 2 heterocycles. The largest absolute Gasteiger partial charge is 0.493 e. The van der Waals surface area contributed by atoms with Crippen LogP contribution in [0.5, 0.6) is 11.5 Å². The van der Waals surface area contributed by atoms with Crippen LogP contribution in [0, 0.1) is 6.92 Å². The molecule has 1 amide bonds. The number of methoxy groups -OCH3 is 1. The van der Waals surface area contributed by atoms with Gasteiger partial charge in [-0.1, -0.05) is 48.0 Å². The maximum atomic E-state index is 13.6. The van der Waals surface area contributed by atoms with Crippen LogP contribution in [0.25, 0.3) is 0 Å². The summed E-state index contributed by atoms with van der Waals surface area (Å²) < 4.78 is 13.4. The zero-order valence-electron chi connectivity index (χ0n) is 20.7. The molecule has 0 saturated carbocycles. The number of fused-ring (bicyclic) bond motifs is 1. The van der Waals surface area contributed by atoms with E-state index in [4.69, 9.17) is 21.1 Å². The molecular weight excluding hydrogens is 490 g/mol. The van der Waals surface area contributed by atoms with Crippen molar-refractivity contribution in [3.63, 3.8) is 0 Å². The van der Waals surface area contributed by atoms with Crippen molar-refractivity contribution < 1.29 is 14.3 Å². The third-order valence-electron chi connectivity index (χ3n) is 6.16. The fourth-order valence-corrected chi connectivity index (χ4v) is 4.55. The number of ether oxygens (including phenoxy) is 2. The van der Waals surface area contributed by atoms with E-state index in [0.717, 1.165) is 16.7 Å². The second kappa shape index (κ2) is 10.4. The summed E-state index contributed by atoms with van der Waals surface area (Å²) >= 11 is 6.28. The molecule has 1 atom stereocenters. The van der Waals surface area contributed by atoms with E-state index in [0.29, 0.717) is 46.0 Å². The van der Waals surface area contributed by atoms with E-state index in [1.807, 2.05) is 80.6 Å². The molecule has 9 heteroatoms. The number of aryl methyl sites for hydroxylation is 1. The van der Waals surface area contributed by atoms with Crippen LogP contribution in [-0.4, -0.2) is 27.8 Å². The summed E-state index contributed by atoms with van der Waals surface area (Å²) in [6.07, 6.45) is 1.46. The Balaban J connectivity index is 1.48. The smallest absolute Gasteiger partial charge is 0.255 e. The highest BCUT2D eigenvalue weighted by atomic mass is 35.5. The number of nitrogens with zero attached hydrogens (tertiary/aromatic N) is 3. The van der Waals surface area contributed by atoms with Gasteiger partial charge in [0.25, 0.3) is 5.91 Å². The highest BCUT2D eigenvalue weighted by Gasteiger charge is 2.34. The quantitative estimate of drug-likeness (QED) is 0.325. The lowest BCUT2D eigenvalue weighted by Gasteiger charge is -2.29. The molecule has 188 valence electrons. The molecule has 37 heavy (non-hydrogen) atoms. The molecule has 1 aromatic heterocycles. The maximum Gasteiger partial charge on any atom is 0.255 e. The van der Waals surface area contributed by atoms with Crippen LogP contribution in [0.3, 0.4) is 0 Å². The summed E-state index contributed by atoms with van der Waals surface area (Å²) in [5.74, 6) is 1.40. The van der Waals surface area contributed by atoms with Crippen molar-refractivity contribution in [2.75, 3.05) is 17.7 Å². The SMILES string of the molecule is COc1cc(C2C(C(=O)Nc3cccc(C)c3)=C(C)Nc3ncnn32)ccc1OCc1ccccc1Cl. The number of carbonyl (C=O) groups excluding carboxylic acids is 1. The minimum Gasteiger partial charge on any atom is -0.493 e. The molecule has 0 spiro atoms. The number of halogens is 1. The van der Waals surface area contributed by atoms with Crippen LogP contribution < -0.4 is 20.1 Å². The average molecular weight is 516 g/mol. The predicted octanol–water partition coefficient (Wildman–Crippen LogP) is 5.76. The molecule has 4 aromatic rings. The third-order valence-corrected chi connectivity index (χ3v) is 6.53. The number of rotatable bonds is 7. The Labute approximate surface area is 219 Å². The third kappa shape index (κ3) is 5.01. The Hall–Kier alpha value is -4.30. The van der Waals surface area contributed by atoms with Gasteiger partial charge in [-0.15, -0.1) is 0 Å². The number of benzene rings is 3. The van der Waals surface area contributed by atoms with Crippen molar-refractivity contribution in [2.24, 2.45) is 0 Å². The molecule has 8 nitrogen and oxygen atoms in total. The molecule has 0 radical (unpaired) electrons. The standard InChI is InChI=1S/C28H26ClN5O3/c1-17-7-6-9-21(13-17)33-27(35)25-18(2)32-28-30-16-31-34(28)26(25)19-11-12-23(24(14-19)36-3)37-15-20-8-4-5-10-22(20)29/h4-14,16,26H,15H2,1-3H3,(H,33,35)(H,30,31,32). The van der Waals surface area contributed by atoms with E-state index in [1.165, 1.54) is 6.33 Å². The van der Waals surface area contributed by atoms with Crippen molar-refractivity contribution in [1.29, 1.82) is 0 Å². The van der Waals surface area contributed by atoms with Gasteiger partial charge in [-0.3, -0.25) is 4.79 Å². The number of aromatic nitrogens is 3. The predicted molar refractivity (Wildman–Crippen MR) is 143 cm³/mol. The number of anilines is 2. The van der Waals surface area contributed by atoms with Gasteiger partial charge in [0.15, 0.2) is 11.5 Å². The van der Waals surface area contributed by atoms with E-state index in [2.05, 4.69) is 20.7 Å². The van der Waals surface area contributed by atoms with E-state index in [9.17, 15) is 4.79 Å². The van der Waals surface area contributed by atoms with E-state index in [-0.39, 0.29) is 5.91 Å². The zero-order chi connectivity index (χ0) is 25.9. The summed E-state index contributed by atoms with van der Waals surface area (Å²) in [6, 6.07) is 20.3. The maximum absolute atomic E-state index is 13.6. The summed E-state index contributed by atoms with van der Waals surface area (Å²) in [5.41, 5.74) is 4.64. The molecule has 0 aliphatic carbocycles. The lowest BCUT2D eigenvalue weighted by Crippen LogP contribution is -2.31. The average Bonchev–Trinajstić information content (AvgIpc) is 3.35. The summed E-state index contributed by atoms with van der Waals surface area (Å²) in [7, 11) is 1.58. The monoisotopic (exact) mass is 515 g/mol. The Morgan fingerprint density at radius 1 is 1.08 bits per heavy atom. The van der Waals surface area contributed by atoms with Crippen molar-refractivity contribution in [3.8, 4) is 11.5 Å². The molecule has 0 saturated heterocycles. The minimum absolute atomic E-state index is 0.236. The summed E-state index contributed by atoms with van der Waals surface area (Å²) in [5, 5.41) is 11.3.